The van der Waals surface area contributed by atoms with Gasteiger partial charge in [0.1, 0.15) is 17.7 Å². The molecule has 0 radical (unpaired) electrons. The van der Waals surface area contributed by atoms with Crippen LogP contribution in [0.4, 0.5) is 14.5 Å². The number of carbonyl (C=O) groups is 2. The first kappa shape index (κ1) is 16.9. The van der Waals surface area contributed by atoms with Crippen molar-refractivity contribution >= 4 is 28.4 Å². The van der Waals surface area contributed by atoms with Crippen LogP contribution in [0.15, 0.2) is 48.6 Å². The molecular weight excluding hydrogens is 338 g/mol. The van der Waals surface area contributed by atoms with Crippen LogP contribution < -0.4 is 0 Å². The van der Waals surface area contributed by atoms with Crippen LogP contribution in [0.2, 0.25) is 0 Å². The Bertz CT molecular complexity index is 1030. The highest BCUT2D eigenvalue weighted by Gasteiger charge is 2.23. The summed E-state index contributed by atoms with van der Waals surface area (Å²) >= 11 is 0. The van der Waals surface area contributed by atoms with Gasteiger partial charge in [0, 0.05) is 11.1 Å². The predicted octanol–water partition coefficient (Wildman–Crippen LogP) is 4.01. The van der Waals surface area contributed by atoms with E-state index < -0.39 is 23.2 Å². The van der Waals surface area contributed by atoms with Gasteiger partial charge in [-0.05, 0) is 41.5 Å². The van der Waals surface area contributed by atoms with Gasteiger partial charge in [-0.3, -0.25) is 9.59 Å². The van der Waals surface area contributed by atoms with Gasteiger partial charge in [0.2, 0.25) is 5.69 Å². The fourth-order valence-corrected chi connectivity index (χ4v) is 2.55. The first-order valence-electron chi connectivity index (χ1n) is 7.34. The molecule has 1 aliphatic carbocycles. The third kappa shape index (κ3) is 2.92. The molecule has 0 fully saturated rings. The van der Waals surface area contributed by atoms with E-state index >= 15 is 0 Å². The molecule has 26 heavy (non-hydrogen) atoms. The average Bonchev–Trinajstić information content (AvgIpc) is 2.63. The summed E-state index contributed by atoms with van der Waals surface area (Å²) in [6.07, 6.45) is 2.11. The van der Waals surface area contributed by atoms with Crippen molar-refractivity contribution in [3.63, 3.8) is 0 Å². The lowest BCUT2D eigenvalue weighted by atomic mass is 9.88. The zero-order valence-corrected chi connectivity index (χ0v) is 13.1. The lowest BCUT2D eigenvalue weighted by Crippen LogP contribution is -2.12. The van der Waals surface area contributed by atoms with Gasteiger partial charge in [-0.25, -0.2) is 13.6 Å². The lowest BCUT2D eigenvalue weighted by molar-refractivity contribution is -0.112. The molecular formula is C20H8F2N2O2. The quantitative estimate of drug-likeness (QED) is 0.610. The molecule has 0 saturated carbocycles. The van der Waals surface area contributed by atoms with Crippen molar-refractivity contribution in [3.05, 3.63) is 88.3 Å². The Morgan fingerprint density at radius 3 is 1.88 bits per heavy atom. The van der Waals surface area contributed by atoms with E-state index in [1.807, 2.05) is 0 Å². The minimum absolute atomic E-state index is 0.0108. The average molecular weight is 346 g/mol. The van der Waals surface area contributed by atoms with Crippen LogP contribution in [0.1, 0.15) is 16.7 Å². The van der Waals surface area contributed by atoms with Gasteiger partial charge in [0.25, 0.3) is 0 Å². The third-order valence-electron chi connectivity index (χ3n) is 3.86. The van der Waals surface area contributed by atoms with E-state index in [1.54, 1.807) is 6.07 Å². The minimum Gasteiger partial charge on any atom is -0.289 e. The number of benzene rings is 2. The zero-order chi connectivity index (χ0) is 18.8. The molecule has 2 aromatic carbocycles. The summed E-state index contributed by atoms with van der Waals surface area (Å²) in [5, 5.41) is 8.75. The molecule has 0 unspecified atom stereocenters. The molecule has 2 aromatic rings. The number of allylic oxidation sites excluding steroid dienone is 4. The molecule has 0 heterocycles. The number of nitriles is 1. The van der Waals surface area contributed by atoms with Gasteiger partial charge in [-0.2, -0.15) is 5.26 Å². The molecule has 1 aliphatic rings. The Balaban J connectivity index is 1.99. The molecule has 4 nitrogen and oxygen atoms in total. The smallest absolute Gasteiger partial charge is 0.222 e. The second-order valence-corrected chi connectivity index (χ2v) is 5.43. The number of ketones is 2. The molecule has 0 N–H and O–H groups in total. The van der Waals surface area contributed by atoms with Crippen molar-refractivity contribution in [2.24, 2.45) is 0 Å². The highest BCUT2D eigenvalue weighted by Crippen LogP contribution is 2.29. The van der Waals surface area contributed by atoms with Crippen LogP contribution in [0.3, 0.4) is 0 Å². The maximum atomic E-state index is 13.8. The van der Waals surface area contributed by atoms with E-state index in [1.165, 1.54) is 24.3 Å². The molecule has 3 rings (SSSR count). The SMILES string of the molecule is [C-]#[N+]c1ccc(C2=CC(=O)C(c3ccc(C#N)c(F)c3)=CC2=O)cc1F. The molecule has 0 saturated heterocycles. The van der Waals surface area contributed by atoms with Crippen LogP contribution in [-0.4, -0.2) is 11.6 Å². The fraction of sp³-hybridized carbons (Fsp3) is 0. The summed E-state index contributed by atoms with van der Waals surface area (Å²) in [6.45, 7) is 6.83. The molecule has 0 atom stereocenters. The van der Waals surface area contributed by atoms with E-state index in [4.69, 9.17) is 11.8 Å². The van der Waals surface area contributed by atoms with E-state index in [9.17, 15) is 18.4 Å². The molecule has 124 valence electrons. The zero-order valence-electron chi connectivity index (χ0n) is 13.1. The molecule has 0 spiro atoms. The summed E-state index contributed by atoms with van der Waals surface area (Å²) in [4.78, 5) is 27.7. The number of nitrogens with zero attached hydrogens (tertiary/aromatic N) is 2. The van der Waals surface area contributed by atoms with E-state index in [2.05, 4.69) is 4.85 Å². The molecule has 0 aliphatic heterocycles. The fourth-order valence-electron chi connectivity index (χ4n) is 2.55. The van der Waals surface area contributed by atoms with Gasteiger partial charge >= 0.3 is 0 Å². The predicted molar refractivity (Wildman–Crippen MR) is 89.7 cm³/mol. The molecule has 0 bridgehead atoms. The Hall–Kier alpha value is -3.90. The minimum atomic E-state index is -0.794. The Labute approximate surface area is 147 Å². The van der Waals surface area contributed by atoms with Crippen LogP contribution >= 0.6 is 0 Å². The summed E-state index contributed by atoms with van der Waals surface area (Å²) < 4.78 is 27.5. The second-order valence-electron chi connectivity index (χ2n) is 5.43. The standard InChI is InChI=1S/C20H8F2N2O2/c1-24-18-5-4-12(7-17(18)22)15-9-19(25)14(8-20(15)26)11-2-3-13(10-23)16(21)6-11/h2-9H. The van der Waals surface area contributed by atoms with E-state index in [0.29, 0.717) is 0 Å². The highest BCUT2D eigenvalue weighted by molar-refractivity contribution is 6.43. The van der Waals surface area contributed by atoms with E-state index in [-0.39, 0.29) is 33.5 Å². The van der Waals surface area contributed by atoms with Crippen LogP contribution in [0.25, 0.3) is 16.0 Å². The monoisotopic (exact) mass is 346 g/mol. The van der Waals surface area contributed by atoms with Crippen molar-refractivity contribution in [2.45, 2.75) is 0 Å². The topological polar surface area (TPSA) is 62.3 Å². The number of hydrogen-bond donors (Lipinski definition) is 0. The van der Waals surface area contributed by atoms with Gasteiger partial charge in [-0.15, -0.1) is 0 Å². The molecule has 0 amide bonds. The molecule has 6 heteroatoms. The Kier molecular flexibility index (Phi) is 4.26. The second kappa shape index (κ2) is 6.54. The number of hydrogen-bond acceptors (Lipinski definition) is 3. The number of halogens is 2. The first-order chi connectivity index (χ1) is 12.4. The Morgan fingerprint density at radius 2 is 1.42 bits per heavy atom. The van der Waals surface area contributed by atoms with Crippen molar-refractivity contribution in [1.29, 1.82) is 5.26 Å². The number of carbonyl (C=O) groups excluding carboxylic acids is 2. The van der Waals surface area contributed by atoms with Crippen LogP contribution in [0, 0.1) is 29.5 Å². The third-order valence-corrected chi connectivity index (χ3v) is 3.86. The summed E-state index contributed by atoms with van der Waals surface area (Å²) in [6, 6.07) is 8.91. The first-order valence-corrected chi connectivity index (χ1v) is 7.34. The maximum Gasteiger partial charge on any atom is 0.222 e. The van der Waals surface area contributed by atoms with Crippen molar-refractivity contribution in [3.8, 4) is 6.07 Å². The lowest BCUT2D eigenvalue weighted by Gasteiger charge is -2.13. The summed E-state index contributed by atoms with van der Waals surface area (Å²) in [5.74, 6) is -2.67. The summed E-state index contributed by atoms with van der Waals surface area (Å²) in [7, 11) is 0. The van der Waals surface area contributed by atoms with Gasteiger partial charge in [0.05, 0.1) is 12.1 Å². The van der Waals surface area contributed by atoms with Crippen molar-refractivity contribution < 1.29 is 18.4 Å². The van der Waals surface area contributed by atoms with Gasteiger partial charge < -0.3 is 0 Å². The van der Waals surface area contributed by atoms with Gasteiger partial charge in [0.15, 0.2) is 11.6 Å². The summed E-state index contributed by atoms with van der Waals surface area (Å²) in [5.41, 5.74) is -0.0355. The molecule has 0 aromatic heterocycles. The largest absolute Gasteiger partial charge is 0.289 e. The van der Waals surface area contributed by atoms with Gasteiger partial charge in [-0.1, -0.05) is 18.2 Å². The highest BCUT2D eigenvalue weighted by atomic mass is 19.1. The Morgan fingerprint density at radius 1 is 0.885 bits per heavy atom. The van der Waals surface area contributed by atoms with E-state index in [0.717, 1.165) is 24.3 Å². The normalized spacial score (nSPS) is 13.5. The van der Waals surface area contributed by atoms with Crippen molar-refractivity contribution in [2.75, 3.05) is 0 Å². The van der Waals surface area contributed by atoms with Crippen LogP contribution in [0.5, 0.6) is 0 Å². The van der Waals surface area contributed by atoms with Crippen LogP contribution in [-0.2, 0) is 9.59 Å². The maximum absolute atomic E-state index is 13.8. The van der Waals surface area contributed by atoms with Crippen molar-refractivity contribution in [1.82, 2.24) is 0 Å². The number of rotatable bonds is 2.